The molecule has 0 aromatic rings. The summed E-state index contributed by atoms with van der Waals surface area (Å²) in [6.45, 7) is 20.7. The number of hydrogen-bond acceptors (Lipinski definition) is 9. The maximum Gasteiger partial charge on any atom is 0.312 e. The van der Waals surface area contributed by atoms with Gasteiger partial charge in [0.15, 0.2) is 0 Å². The summed E-state index contributed by atoms with van der Waals surface area (Å²) in [6, 6.07) is 0. The highest BCUT2D eigenvalue weighted by Gasteiger charge is 2.61. The minimum absolute atomic E-state index is 0.0364. The summed E-state index contributed by atoms with van der Waals surface area (Å²) in [5.74, 6) is 6.62. The topological polar surface area (TPSA) is 125 Å². The Bertz CT molecular complexity index is 1500. The standard InChI is InChI=1S/C18H30O2.C16H26O3.C9H12O2.C7H14O2/c1-5-17(3,4)16(19)20-18(6-2)14-8-12-7-13(10-14)11-15(18)9-12;1-4-14(2,3)13(17)19-16-8-11-5-12(9-16)7-15(18,6-11)10-16;10-9-8-6-2-1-5(3-6)7(8)4-11-9;1-5-7(2,3)6(8)9-4/h12-15H,5-11H2,1-4H3;11-12,18H,4-10H2,1-3H3;5-8H,1-4H2;5H2,1-4H3. The van der Waals surface area contributed by atoms with Crippen molar-refractivity contribution in [2.24, 2.45) is 75.4 Å². The second-order valence-electron chi connectivity index (χ2n) is 23.1. The minimum Gasteiger partial charge on any atom is -0.469 e. The summed E-state index contributed by atoms with van der Waals surface area (Å²) in [5.41, 5.74) is -2.10. The molecule has 1 aliphatic heterocycles. The van der Waals surface area contributed by atoms with Crippen LogP contribution in [0.25, 0.3) is 0 Å². The first-order valence-electron chi connectivity index (χ1n) is 24.0. The van der Waals surface area contributed by atoms with Gasteiger partial charge in [0.25, 0.3) is 0 Å². The fourth-order valence-electron chi connectivity index (χ4n) is 13.7. The molecule has 0 aromatic carbocycles. The number of methoxy groups -OCH3 is 1. The summed E-state index contributed by atoms with van der Waals surface area (Å²) in [5, 5.41) is 10.6. The van der Waals surface area contributed by atoms with Crippen molar-refractivity contribution < 1.29 is 43.2 Å². The largest absolute Gasteiger partial charge is 0.469 e. The van der Waals surface area contributed by atoms with E-state index in [1.54, 1.807) is 0 Å². The molecule has 10 bridgehead atoms. The van der Waals surface area contributed by atoms with E-state index < -0.39 is 11.0 Å². The van der Waals surface area contributed by atoms with Crippen LogP contribution in [0.4, 0.5) is 0 Å². The second kappa shape index (κ2) is 17.2. The summed E-state index contributed by atoms with van der Waals surface area (Å²) >= 11 is 0. The van der Waals surface area contributed by atoms with Crippen LogP contribution < -0.4 is 0 Å². The molecular formula is C50H82O9. The molecule has 1 saturated heterocycles. The molecule has 9 heteroatoms. The highest BCUT2D eigenvalue weighted by Crippen LogP contribution is 2.62. The first-order valence-corrected chi connectivity index (χ1v) is 24.0. The normalized spacial score (nSPS) is 40.4. The number of esters is 4. The van der Waals surface area contributed by atoms with Gasteiger partial charge in [-0.15, -0.1) is 0 Å². The van der Waals surface area contributed by atoms with Gasteiger partial charge in [-0.2, -0.15) is 0 Å². The van der Waals surface area contributed by atoms with E-state index in [2.05, 4.69) is 18.6 Å². The van der Waals surface area contributed by atoms with Crippen LogP contribution in [-0.2, 0) is 38.1 Å². The molecule has 0 amide bonds. The maximum atomic E-state index is 12.6. The maximum absolute atomic E-state index is 12.6. The van der Waals surface area contributed by atoms with E-state index in [1.165, 1.54) is 64.9 Å². The minimum atomic E-state index is -0.555. The molecular weight excluding hydrogens is 745 g/mol. The van der Waals surface area contributed by atoms with Crippen molar-refractivity contribution >= 4 is 23.9 Å². The molecule has 1 N–H and O–H groups in total. The molecule has 59 heavy (non-hydrogen) atoms. The lowest BCUT2D eigenvalue weighted by atomic mass is 9.49. The van der Waals surface area contributed by atoms with Gasteiger partial charge >= 0.3 is 23.9 Å². The Hall–Kier alpha value is -2.16. The summed E-state index contributed by atoms with van der Waals surface area (Å²) in [7, 11) is 1.42. The van der Waals surface area contributed by atoms with E-state index in [9.17, 15) is 24.3 Å². The molecule has 6 unspecified atom stereocenters. The Morgan fingerprint density at radius 3 is 1.58 bits per heavy atom. The molecule has 11 aliphatic rings. The highest BCUT2D eigenvalue weighted by molar-refractivity contribution is 5.77. The van der Waals surface area contributed by atoms with E-state index >= 15 is 0 Å². The lowest BCUT2D eigenvalue weighted by Gasteiger charge is -2.60. The average molecular weight is 827 g/mol. The molecule has 0 aromatic heterocycles. The average Bonchev–Trinajstić information content (AvgIpc) is 3.91. The van der Waals surface area contributed by atoms with Gasteiger partial charge in [-0.05, 0) is 198 Å². The zero-order chi connectivity index (χ0) is 43.3. The Kier molecular flexibility index (Phi) is 13.5. The summed E-state index contributed by atoms with van der Waals surface area (Å²) in [4.78, 5) is 47.1. The van der Waals surface area contributed by atoms with Crippen molar-refractivity contribution in [2.45, 2.75) is 202 Å². The van der Waals surface area contributed by atoms with Crippen molar-refractivity contribution in [3.8, 4) is 0 Å². The number of fused-ring (bicyclic) bond motifs is 5. The molecule has 10 aliphatic carbocycles. The van der Waals surface area contributed by atoms with Gasteiger partial charge in [0, 0.05) is 12.3 Å². The zero-order valence-corrected chi connectivity index (χ0v) is 38.9. The third-order valence-electron chi connectivity index (χ3n) is 17.9. The predicted octanol–water partition coefficient (Wildman–Crippen LogP) is 10.4. The summed E-state index contributed by atoms with van der Waals surface area (Å²) in [6.07, 6.45) is 19.7. The number of hydrogen-bond donors (Lipinski definition) is 1. The Morgan fingerprint density at radius 2 is 1.14 bits per heavy atom. The molecule has 11 fully saturated rings. The van der Waals surface area contributed by atoms with E-state index in [0.29, 0.717) is 47.8 Å². The molecule has 6 atom stereocenters. The van der Waals surface area contributed by atoms with E-state index in [1.807, 2.05) is 55.4 Å². The highest BCUT2D eigenvalue weighted by atomic mass is 16.6. The number of rotatable bonds is 9. The molecule has 0 spiro atoms. The lowest BCUT2D eigenvalue weighted by molar-refractivity contribution is -0.225. The lowest BCUT2D eigenvalue weighted by Crippen LogP contribution is -2.61. The van der Waals surface area contributed by atoms with Crippen LogP contribution in [0.3, 0.4) is 0 Å². The van der Waals surface area contributed by atoms with Gasteiger partial charge in [-0.3, -0.25) is 19.2 Å². The number of aliphatic hydroxyl groups is 1. The van der Waals surface area contributed by atoms with Crippen molar-refractivity contribution in [1.82, 2.24) is 0 Å². The summed E-state index contributed by atoms with van der Waals surface area (Å²) < 4.78 is 21.9. The van der Waals surface area contributed by atoms with Crippen LogP contribution in [0.1, 0.15) is 185 Å². The number of carbonyl (C=O) groups is 4. The molecule has 0 radical (unpaired) electrons. The van der Waals surface area contributed by atoms with E-state index in [-0.39, 0.29) is 45.9 Å². The van der Waals surface area contributed by atoms with Crippen molar-refractivity contribution in [3.63, 3.8) is 0 Å². The van der Waals surface area contributed by atoms with Crippen LogP contribution in [0, 0.1) is 75.4 Å². The van der Waals surface area contributed by atoms with E-state index in [4.69, 9.17) is 14.2 Å². The fourth-order valence-corrected chi connectivity index (χ4v) is 13.7. The number of carbonyl (C=O) groups excluding carboxylic acids is 4. The number of ether oxygens (including phenoxy) is 4. The van der Waals surface area contributed by atoms with Gasteiger partial charge in [-0.1, -0.05) is 27.7 Å². The van der Waals surface area contributed by atoms with Crippen molar-refractivity contribution in [2.75, 3.05) is 13.7 Å². The molecule has 9 nitrogen and oxygen atoms in total. The zero-order valence-electron chi connectivity index (χ0n) is 38.9. The van der Waals surface area contributed by atoms with E-state index in [0.717, 1.165) is 75.7 Å². The monoisotopic (exact) mass is 827 g/mol. The van der Waals surface area contributed by atoms with Gasteiger partial charge in [0.05, 0.1) is 41.5 Å². The quantitative estimate of drug-likeness (QED) is 0.179. The van der Waals surface area contributed by atoms with Crippen LogP contribution in [-0.4, -0.2) is 59.5 Å². The van der Waals surface area contributed by atoms with Gasteiger partial charge in [-0.25, -0.2) is 0 Å². The third kappa shape index (κ3) is 9.31. The molecule has 11 rings (SSSR count). The van der Waals surface area contributed by atoms with Crippen LogP contribution >= 0.6 is 0 Å². The van der Waals surface area contributed by atoms with Crippen LogP contribution in [0.15, 0.2) is 0 Å². The number of cyclic esters (lactones) is 1. The SMILES string of the molecule is CCC(C)(C)C(=O)OC.CCC(C)(C)C(=O)OC1(CC)C2CC3CC(C2)CC1C3.CCC(C)(C)C(=O)OC12CC3CC(CC(O)(C3)C1)C2.O=C1OCC2C3CCC(C3)C12. The van der Waals surface area contributed by atoms with Crippen LogP contribution in [0.2, 0.25) is 0 Å². The predicted molar refractivity (Wildman–Crippen MR) is 228 cm³/mol. The van der Waals surface area contributed by atoms with Gasteiger partial charge in [0.1, 0.15) is 11.2 Å². The van der Waals surface area contributed by atoms with Gasteiger partial charge in [0.2, 0.25) is 0 Å². The Morgan fingerprint density at radius 1 is 0.661 bits per heavy atom. The first-order chi connectivity index (χ1) is 27.6. The second-order valence-corrected chi connectivity index (χ2v) is 23.1. The van der Waals surface area contributed by atoms with Gasteiger partial charge < -0.3 is 24.1 Å². The first kappa shape index (κ1) is 46.3. The smallest absolute Gasteiger partial charge is 0.312 e. The Labute approximate surface area is 356 Å². The molecule has 1 heterocycles. The van der Waals surface area contributed by atoms with Crippen molar-refractivity contribution in [3.05, 3.63) is 0 Å². The third-order valence-corrected chi connectivity index (χ3v) is 17.9. The fraction of sp³-hybridized carbons (Fsp3) is 0.920. The molecule has 336 valence electrons. The molecule has 10 saturated carbocycles. The van der Waals surface area contributed by atoms with Crippen molar-refractivity contribution in [1.29, 1.82) is 0 Å². The van der Waals surface area contributed by atoms with Crippen LogP contribution in [0.5, 0.6) is 0 Å². The Balaban J connectivity index is 0.000000139.